The van der Waals surface area contributed by atoms with Crippen LogP contribution in [0.25, 0.3) is 0 Å². The summed E-state index contributed by atoms with van der Waals surface area (Å²) in [5.74, 6) is -0.466. The van der Waals surface area contributed by atoms with E-state index in [1.54, 1.807) is 27.7 Å². The molecule has 0 aliphatic carbocycles. The summed E-state index contributed by atoms with van der Waals surface area (Å²) in [4.78, 5) is 43.1. The first-order valence-corrected chi connectivity index (χ1v) is 9.19. The maximum absolute atomic E-state index is 12.5. The molecule has 27 heavy (non-hydrogen) atoms. The summed E-state index contributed by atoms with van der Waals surface area (Å²) >= 11 is 3.19. The molecule has 1 aromatic carbocycles. The van der Waals surface area contributed by atoms with Crippen molar-refractivity contribution in [2.75, 3.05) is 0 Å². The van der Waals surface area contributed by atoms with Gasteiger partial charge in [0.05, 0.1) is 0 Å². The smallest absolute Gasteiger partial charge is 0.433 e. The van der Waals surface area contributed by atoms with Crippen molar-refractivity contribution in [3.05, 3.63) is 66.9 Å². The van der Waals surface area contributed by atoms with Gasteiger partial charge in [0.15, 0.2) is 0 Å². The molecule has 0 fully saturated rings. The van der Waals surface area contributed by atoms with E-state index in [4.69, 9.17) is 4.74 Å². The minimum Gasteiger partial charge on any atom is -0.442 e. The molecule has 7 nitrogen and oxygen atoms in total. The number of hydrogen-bond acceptors (Lipinski definition) is 4. The SMILES string of the molecule is Cc1[nH]c(=O)n(C[C@H](/C=N/C(=O)OC(C)(C)C)c2ccccc2)c(=O)c1Br. The molecule has 2 aromatic rings. The lowest BCUT2D eigenvalue weighted by Gasteiger charge is -2.18. The number of carbonyl (C=O) groups excluding carboxylic acids is 1. The molecule has 0 bridgehead atoms. The van der Waals surface area contributed by atoms with Crippen LogP contribution in [0.3, 0.4) is 0 Å². The molecule has 0 aliphatic rings. The molecule has 8 heteroatoms. The fraction of sp³-hybridized carbons (Fsp3) is 0.368. The van der Waals surface area contributed by atoms with E-state index >= 15 is 0 Å². The molecule has 0 saturated heterocycles. The number of hydrogen-bond donors (Lipinski definition) is 1. The normalized spacial score (nSPS) is 12.9. The van der Waals surface area contributed by atoms with Crippen molar-refractivity contribution in [3.63, 3.8) is 0 Å². The van der Waals surface area contributed by atoms with E-state index < -0.39 is 28.9 Å². The quantitative estimate of drug-likeness (QED) is 0.744. The van der Waals surface area contributed by atoms with Crippen molar-refractivity contribution in [1.29, 1.82) is 0 Å². The molecule has 0 spiro atoms. The first-order chi connectivity index (χ1) is 12.6. The van der Waals surface area contributed by atoms with Gasteiger partial charge in [-0.15, -0.1) is 0 Å². The minimum atomic E-state index is -0.727. The minimum absolute atomic E-state index is 0.0311. The Morgan fingerprint density at radius 2 is 1.93 bits per heavy atom. The molecular weight excluding hydrogens is 414 g/mol. The maximum Gasteiger partial charge on any atom is 0.433 e. The fourth-order valence-electron chi connectivity index (χ4n) is 2.39. The van der Waals surface area contributed by atoms with Crippen molar-refractivity contribution >= 4 is 28.2 Å². The highest BCUT2D eigenvalue weighted by atomic mass is 79.9. The number of aryl methyl sites for hydroxylation is 1. The van der Waals surface area contributed by atoms with Crippen molar-refractivity contribution in [2.24, 2.45) is 4.99 Å². The predicted octanol–water partition coefficient (Wildman–Crippen LogP) is 3.40. The molecular formula is C19H22BrN3O4. The van der Waals surface area contributed by atoms with Crippen molar-refractivity contribution in [3.8, 4) is 0 Å². The molecule has 1 heterocycles. The Morgan fingerprint density at radius 1 is 1.30 bits per heavy atom. The first-order valence-electron chi connectivity index (χ1n) is 8.40. The number of aliphatic imine (C=N–C) groups is 1. The standard InChI is InChI=1S/C19H22BrN3O4/c1-12-15(20)16(24)23(17(25)22-12)11-14(13-8-6-5-7-9-13)10-21-18(26)27-19(2,3)4/h5-10,14H,11H2,1-4H3,(H,22,25)/b21-10+/t14-/m0/s1. The lowest BCUT2D eigenvalue weighted by atomic mass is 10.0. The van der Waals surface area contributed by atoms with Crippen LogP contribution in [0, 0.1) is 6.92 Å². The molecule has 0 saturated carbocycles. The summed E-state index contributed by atoms with van der Waals surface area (Å²) in [6.45, 7) is 6.91. The van der Waals surface area contributed by atoms with Crippen molar-refractivity contribution in [1.82, 2.24) is 9.55 Å². The Morgan fingerprint density at radius 3 is 2.52 bits per heavy atom. The van der Waals surface area contributed by atoms with Crippen molar-refractivity contribution in [2.45, 2.75) is 45.8 Å². The van der Waals surface area contributed by atoms with E-state index in [1.165, 1.54) is 6.21 Å². The Kier molecular flexibility index (Phi) is 6.54. The average molecular weight is 436 g/mol. The lowest BCUT2D eigenvalue weighted by molar-refractivity contribution is 0.0604. The number of carbonyl (C=O) groups is 1. The number of nitrogens with one attached hydrogen (secondary N) is 1. The second-order valence-electron chi connectivity index (χ2n) is 7.06. The largest absolute Gasteiger partial charge is 0.442 e. The van der Waals surface area contributed by atoms with Gasteiger partial charge in [0.2, 0.25) is 0 Å². The monoisotopic (exact) mass is 435 g/mol. The molecule has 2 rings (SSSR count). The Bertz CT molecular complexity index is 956. The molecule has 1 aromatic heterocycles. The third-order valence-corrected chi connectivity index (χ3v) is 4.60. The molecule has 144 valence electrons. The number of rotatable bonds is 4. The van der Waals surface area contributed by atoms with Crippen molar-refractivity contribution < 1.29 is 9.53 Å². The third-order valence-electron chi connectivity index (χ3n) is 3.66. The molecule has 0 aliphatic heterocycles. The summed E-state index contributed by atoms with van der Waals surface area (Å²) < 4.78 is 6.54. The second kappa shape index (κ2) is 8.47. The van der Waals surface area contributed by atoms with Gasteiger partial charge in [-0.3, -0.25) is 9.36 Å². The van der Waals surface area contributed by atoms with Crippen LogP contribution in [0.2, 0.25) is 0 Å². The third kappa shape index (κ3) is 5.75. The second-order valence-corrected chi connectivity index (χ2v) is 7.85. The van der Waals surface area contributed by atoms with Gasteiger partial charge in [0.25, 0.3) is 5.56 Å². The van der Waals surface area contributed by atoms with Gasteiger partial charge in [0, 0.05) is 24.4 Å². The average Bonchev–Trinajstić information content (AvgIpc) is 2.58. The zero-order valence-corrected chi connectivity index (χ0v) is 17.2. The van der Waals surface area contributed by atoms with Crippen LogP contribution >= 0.6 is 15.9 Å². The van der Waals surface area contributed by atoms with Gasteiger partial charge < -0.3 is 9.72 Å². The molecule has 1 atom stereocenters. The summed E-state index contributed by atoms with van der Waals surface area (Å²) in [5.41, 5.74) is -0.352. The first kappa shape index (κ1) is 20.8. The number of nitrogens with zero attached hydrogens (tertiary/aromatic N) is 2. The van der Waals surface area contributed by atoms with E-state index in [2.05, 4.69) is 25.9 Å². The topological polar surface area (TPSA) is 93.5 Å². The van der Waals surface area contributed by atoms with Gasteiger partial charge in [0.1, 0.15) is 10.1 Å². The summed E-state index contributed by atoms with van der Waals surface area (Å²) in [5, 5.41) is 0. The van der Waals surface area contributed by atoms with Crippen LogP contribution in [0.1, 0.15) is 37.9 Å². The van der Waals surface area contributed by atoms with Crippen LogP contribution in [0.4, 0.5) is 4.79 Å². The highest BCUT2D eigenvalue weighted by Crippen LogP contribution is 2.16. The molecule has 1 N–H and O–H groups in total. The molecule has 0 radical (unpaired) electrons. The number of halogens is 1. The van der Waals surface area contributed by atoms with Gasteiger partial charge in [-0.2, -0.15) is 4.99 Å². The summed E-state index contributed by atoms with van der Waals surface area (Å²) in [7, 11) is 0. The van der Waals surface area contributed by atoms with Gasteiger partial charge in [-0.05, 0) is 49.2 Å². The van der Waals surface area contributed by atoms with E-state index in [9.17, 15) is 14.4 Å². The van der Waals surface area contributed by atoms with E-state index in [1.807, 2.05) is 30.3 Å². The predicted molar refractivity (Wildman–Crippen MR) is 108 cm³/mol. The number of aromatic amines is 1. The van der Waals surface area contributed by atoms with Crippen LogP contribution in [0.5, 0.6) is 0 Å². The Labute approximate surface area is 165 Å². The summed E-state index contributed by atoms with van der Waals surface area (Å²) in [6.07, 6.45) is 0.679. The highest BCUT2D eigenvalue weighted by Gasteiger charge is 2.18. The van der Waals surface area contributed by atoms with Gasteiger partial charge >= 0.3 is 11.8 Å². The molecule has 1 amide bonds. The van der Waals surface area contributed by atoms with Crippen LogP contribution in [0.15, 0.2) is 49.4 Å². The zero-order chi connectivity index (χ0) is 20.2. The van der Waals surface area contributed by atoms with E-state index in [-0.39, 0.29) is 11.0 Å². The van der Waals surface area contributed by atoms with Gasteiger partial charge in [-0.1, -0.05) is 30.3 Å². The van der Waals surface area contributed by atoms with Gasteiger partial charge in [-0.25, -0.2) is 9.59 Å². The number of amides is 1. The van der Waals surface area contributed by atoms with Crippen LogP contribution in [-0.2, 0) is 11.3 Å². The number of aromatic nitrogens is 2. The number of H-pyrrole nitrogens is 1. The van der Waals surface area contributed by atoms with Crippen LogP contribution < -0.4 is 11.2 Å². The maximum atomic E-state index is 12.5. The zero-order valence-electron chi connectivity index (χ0n) is 15.7. The Balaban J connectivity index is 2.39. The van der Waals surface area contributed by atoms with E-state index in [0.717, 1.165) is 10.1 Å². The molecule has 0 unspecified atom stereocenters. The number of ether oxygens (including phenoxy) is 1. The number of benzene rings is 1. The van der Waals surface area contributed by atoms with E-state index in [0.29, 0.717) is 5.69 Å². The summed E-state index contributed by atoms with van der Waals surface area (Å²) in [6, 6.07) is 9.21. The highest BCUT2D eigenvalue weighted by molar-refractivity contribution is 9.10. The fourth-order valence-corrected chi connectivity index (χ4v) is 2.71. The van der Waals surface area contributed by atoms with Crippen LogP contribution in [-0.4, -0.2) is 27.5 Å². The lowest BCUT2D eigenvalue weighted by Crippen LogP contribution is -2.38. The Hall–Kier alpha value is -2.48.